The molecule has 3 heteroatoms. The van der Waals surface area contributed by atoms with Gasteiger partial charge in [-0.25, -0.2) is 0 Å². The van der Waals surface area contributed by atoms with Crippen LogP contribution in [-0.2, 0) is 0 Å². The molecule has 19 heavy (non-hydrogen) atoms. The van der Waals surface area contributed by atoms with Crippen LogP contribution in [-0.4, -0.2) is 19.0 Å². The molecule has 1 aliphatic rings. The van der Waals surface area contributed by atoms with Crippen LogP contribution in [0.15, 0.2) is 24.3 Å². The lowest BCUT2D eigenvalue weighted by Crippen LogP contribution is -2.27. The third-order valence-corrected chi connectivity index (χ3v) is 3.96. The summed E-state index contributed by atoms with van der Waals surface area (Å²) in [5.74, 6) is 0.661. The molecule has 1 atom stereocenters. The first-order valence-electron chi connectivity index (χ1n) is 7.15. The van der Waals surface area contributed by atoms with Gasteiger partial charge in [-0.2, -0.15) is 0 Å². The molecule has 0 bridgehead atoms. The third kappa shape index (κ3) is 3.49. The summed E-state index contributed by atoms with van der Waals surface area (Å²) in [6.45, 7) is 8.29. The Morgan fingerprint density at radius 3 is 2.68 bits per heavy atom. The first-order chi connectivity index (χ1) is 9.04. The molecule has 1 amide bonds. The van der Waals surface area contributed by atoms with Crippen molar-refractivity contribution in [2.24, 2.45) is 11.3 Å². The van der Waals surface area contributed by atoms with Crippen LogP contribution in [0.1, 0.15) is 44.0 Å². The van der Waals surface area contributed by atoms with E-state index in [1.807, 2.05) is 24.3 Å². The van der Waals surface area contributed by atoms with E-state index in [0.29, 0.717) is 11.3 Å². The Labute approximate surface area is 115 Å². The lowest BCUT2D eigenvalue weighted by molar-refractivity contribution is 0.0951. The summed E-state index contributed by atoms with van der Waals surface area (Å²) in [4.78, 5) is 12.2. The van der Waals surface area contributed by atoms with Gasteiger partial charge in [-0.05, 0) is 36.3 Å². The summed E-state index contributed by atoms with van der Waals surface area (Å²) in [7, 11) is 0. The molecule has 0 aliphatic heterocycles. The average molecular weight is 260 g/mol. The summed E-state index contributed by atoms with van der Waals surface area (Å²) in [5.41, 5.74) is 2.08. The fourth-order valence-corrected chi connectivity index (χ4v) is 2.33. The molecule has 0 heterocycles. The quantitative estimate of drug-likeness (QED) is 0.824. The lowest BCUT2D eigenvalue weighted by Gasteiger charge is -2.12. The number of carbonyl (C=O) groups excluding carboxylic acids is 1. The predicted molar refractivity (Wildman–Crippen MR) is 79.4 cm³/mol. The van der Waals surface area contributed by atoms with Gasteiger partial charge < -0.3 is 10.6 Å². The summed E-state index contributed by atoms with van der Waals surface area (Å²) >= 11 is 0. The maximum absolute atomic E-state index is 12.2. The molecular weight excluding hydrogens is 236 g/mol. The highest BCUT2D eigenvalue weighted by molar-refractivity contribution is 5.99. The molecule has 104 valence electrons. The number of hydrogen-bond donors (Lipinski definition) is 2. The molecule has 1 aromatic rings. The van der Waals surface area contributed by atoms with Crippen molar-refractivity contribution in [1.29, 1.82) is 0 Å². The Bertz CT molecular complexity index is 454. The first kappa shape index (κ1) is 13.9. The molecule has 1 aromatic carbocycles. The van der Waals surface area contributed by atoms with Gasteiger partial charge in [0, 0.05) is 18.8 Å². The van der Waals surface area contributed by atoms with E-state index in [2.05, 4.69) is 31.4 Å². The predicted octanol–water partition coefficient (Wildman–Crippen LogP) is 3.28. The van der Waals surface area contributed by atoms with E-state index in [1.54, 1.807) is 0 Å². The van der Waals surface area contributed by atoms with Crippen molar-refractivity contribution in [2.75, 3.05) is 18.4 Å². The van der Waals surface area contributed by atoms with Crippen molar-refractivity contribution in [2.45, 2.75) is 33.6 Å². The van der Waals surface area contributed by atoms with Crippen LogP contribution in [0, 0.1) is 11.3 Å². The Kier molecular flexibility index (Phi) is 4.13. The van der Waals surface area contributed by atoms with Gasteiger partial charge in [-0.1, -0.05) is 32.9 Å². The zero-order valence-corrected chi connectivity index (χ0v) is 12.1. The van der Waals surface area contributed by atoms with Gasteiger partial charge in [0.1, 0.15) is 0 Å². The highest BCUT2D eigenvalue weighted by Gasteiger charge is 2.45. The third-order valence-electron chi connectivity index (χ3n) is 3.96. The summed E-state index contributed by atoms with van der Waals surface area (Å²) in [5, 5.41) is 6.36. The molecule has 2 N–H and O–H groups in total. The topological polar surface area (TPSA) is 41.1 Å². The molecule has 1 aliphatic carbocycles. The minimum absolute atomic E-state index is 0.0295. The summed E-state index contributed by atoms with van der Waals surface area (Å²) in [6, 6.07) is 7.71. The fraction of sp³-hybridized carbons (Fsp3) is 0.562. The molecule has 0 radical (unpaired) electrons. The SMILES string of the molecule is CCCNc1ccccc1C(=O)NCC1CC1(C)C. The second-order valence-corrected chi connectivity index (χ2v) is 6.07. The number of benzene rings is 1. The summed E-state index contributed by atoms with van der Waals surface area (Å²) < 4.78 is 0. The van der Waals surface area contributed by atoms with Crippen molar-refractivity contribution in [3.8, 4) is 0 Å². The second-order valence-electron chi connectivity index (χ2n) is 6.07. The number of rotatable bonds is 6. The van der Waals surface area contributed by atoms with Crippen molar-refractivity contribution < 1.29 is 4.79 Å². The zero-order chi connectivity index (χ0) is 13.9. The van der Waals surface area contributed by atoms with E-state index in [9.17, 15) is 4.79 Å². The van der Waals surface area contributed by atoms with Gasteiger partial charge in [0.25, 0.3) is 5.91 Å². The van der Waals surface area contributed by atoms with Crippen LogP contribution in [0.25, 0.3) is 0 Å². The van der Waals surface area contributed by atoms with Crippen molar-refractivity contribution in [1.82, 2.24) is 5.32 Å². The Morgan fingerprint density at radius 2 is 2.05 bits per heavy atom. The van der Waals surface area contributed by atoms with E-state index >= 15 is 0 Å². The zero-order valence-electron chi connectivity index (χ0n) is 12.1. The summed E-state index contributed by atoms with van der Waals surface area (Å²) in [6.07, 6.45) is 2.26. The van der Waals surface area contributed by atoms with Crippen LogP contribution in [0.2, 0.25) is 0 Å². The second kappa shape index (κ2) is 5.64. The minimum Gasteiger partial charge on any atom is -0.384 e. The van der Waals surface area contributed by atoms with Crippen molar-refractivity contribution >= 4 is 11.6 Å². The van der Waals surface area contributed by atoms with E-state index in [-0.39, 0.29) is 5.91 Å². The molecule has 1 unspecified atom stereocenters. The molecule has 0 aromatic heterocycles. The Morgan fingerprint density at radius 1 is 1.37 bits per heavy atom. The van der Waals surface area contributed by atoms with Crippen molar-refractivity contribution in [3.05, 3.63) is 29.8 Å². The molecule has 0 spiro atoms. The minimum atomic E-state index is 0.0295. The van der Waals surface area contributed by atoms with Gasteiger partial charge in [0.05, 0.1) is 5.56 Å². The highest BCUT2D eigenvalue weighted by atomic mass is 16.1. The van der Waals surface area contributed by atoms with Gasteiger partial charge in [-0.3, -0.25) is 4.79 Å². The number of carbonyl (C=O) groups is 1. The smallest absolute Gasteiger partial charge is 0.253 e. The van der Waals surface area contributed by atoms with E-state index in [1.165, 1.54) is 6.42 Å². The van der Waals surface area contributed by atoms with Crippen LogP contribution < -0.4 is 10.6 Å². The maximum Gasteiger partial charge on any atom is 0.253 e. The normalized spacial score (nSPS) is 19.8. The molecular formula is C16H24N2O. The molecule has 3 nitrogen and oxygen atoms in total. The van der Waals surface area contributed by atoms with Crippen LogP contribution in [0.5, 0.6) is 0 Å². The number of anilines is 1. The molecule has 0 saturated heterocycles. The average Bonchev–Trinajstić information content (AvgIpc) is 3.01. The van der Waals surface area contributed by atoms with Gasteiger partial charge >= 0.3 is 0 Å². The van der Waals surface area contributed by atoms with Gasteiger partial charge in [0.2, 0.25) is 0 Å². The van der Waals surface area contributed by atoms with Gasteiger partial charge in [0.15, 0.2) is 0 Å². The van der Waals surface area contributed by atoms with Crippen LogP contribution in [0.3, 0.4) is 0 Å². The number of amides is 1. The lowest BCUT2D eigenvalue weighted by atomic mass is 10.1. The van der Waals surface area contributed by atoms with Crippen molar-refractivity contribution in [3.63, 3.8) is 0 Å². The first-order valence-corrected chi connectivity index (χ1v) is 7.15. The Balaban J connectivity index is 1.94. The van der Waals surface area contributed by atoms with Gasteiger partial charge in [-0.15, -0.1) is 0 Å². The van der Waals surface area contributed by atoms with E-state index < -0.39 is 0 Å². The van der Waals surface area contributed by atoms with E-state index in [0.717, 1.165) is 30.8 Å². The Hall–Kier alpha value is -1.51. The van der Waals surface area contributed by atoms with E-state index in [4.69, 9.17) is 0 Å². The molecule has 1 fully saturated rings. The molecule has 1 saturated carbocycles. The largest absolute Gasteiger partial charge is 0.384 e. The number of hydrogen-bond acceptors (Lipinski definition) is 2. The van der Waals surface area contributed by atoms with Crippen LogP contribution in [0.4, 0.5) is 5.69 Å². The monoisotopic (exact) mass is 260 g/mol. The number of nitrogens with one attached hydrogen (secondary N) is 2. The fourth-order valence-electron chi connectivity index (χ4n) is 2.33. The van der Waals surface area contributed by atoms with Crippen LogP contribution >= 0.6 is 0 Å². The number of para-hydroxylation sites is 1. The standard InChI is InChI=1S/C16H24N2O/c1-4-9-17-14-8-6-5-7-13(14)15(19)18-11-12-10-16(12,2)3/h5-8,12,17H,4,9-11H2,1-3H3,(H,18,19). The molecule has 2 rings (SSSR count). The maximum atomic E-state index is 12.2. The highest BCUT2D eigenvalue weighted by Crippen LogP contribution is 2.50.